The molecule has 0 aliphatic carbocycles. The Labute approximate surface area is 109 Å². The van der Waals surface area contributed by atoms with Gasteiger partial charge in [0, 0.05) is 11.1 Å². The summed E-state index contributed by atoms with van der Waals surface area (Å²) in [6.07, 6.45) is 3.61. The zero-order chi connectivity index (χ0) is 12.5. The maximum atomic E-state index is 5.91. The lowest BCUT2D eigenvalue weighted by atomic mass is 10.1. The summed E-state index contributed by atoms with van der Waals surface area (Å²) in [6, 6.07) is 7.98. The molecule has 17 heavy (non-hydrogen) atoms. The molecule has 0 saturated carbocycles. The third-order valence-corrected chi connectivity index (χ3v) is 2.88. The molecule has 0 saturated heterocycles. The minimum atomic E-state index is 0.430. The van der Waals surface area contributed by atoms with Gasteiger partial charge in [0.2, 0.25) is 0 Å². The zero-order valence-electron chi connectivity index (χ0n) is 10.7. The fourth-order valence-electron chi connectivity index (χ4n) is 1.74. The van der Waals surface area contributed by atoms with Crippen molar-refractivity contribution in [2.45, 2.75) is 39.2 Å². The summed E-state index contributed by atoms with van der Waals surface area (Å²) >= 11 is 5.91. The minimum Gasteiger partial charge on any atom is -0.492 e. The lowest BCUT2D eigenvalue weighted by Gasteiger charge is -2.18. The van der Waals surface area contributed by atoms with Crippen LogP contribution in [0.2, 0.25) is 5.02 Å². The van der Waals surface area contributed by atoms with Crippen molar-refractivity contribution < 1.29 is 4.74 Å². The van der Waals surface area contributed by atoms with Gasteiger partial charge in [0.15, 0.2) is 0 Å². The van der Waals surface area contributed by atoms with E-state index in [1.54, 1.807) is 0 Å². The molecule has 0 heterocycles. The molecule has 0 aliphatic heterocycles. The van der Waals surface area contributed by atoms with Gasteiger partial charge >= 0.3 is 0 Å². The van der Waals surface area contributed by atoms with Crippen LogP contribution in [0.1, 0.15) is 33.1 Å². The van der Waals surface area contributed by atoms with Gasteiger partial charge in [-0.15, -0.1) is 0 Å². The van der Waals surface area contributed by atoms with Crippen LogP contribution in [0.15, 0.2) is 24.3 Å². The molecular formula is C14H22ClNO. The maximum Gasteiger partial charge on any atom is 0.120 e. The van der Waals surface area contributed by atoms with E-state index in [2.05, 4.69) is 19.2 Å². The Morgan fingerprint density at radius 2 is 2.18 bits per heavy atom. The summed E-state index contributed by atoms with van der Waals surface area (Å²) in [5.74, 6) is 0.844. The molecule has 1 aromatic rings. The number of hydrogen-bond acceptors (Lipinski definition) is 2. The van der Waals surface area contributed by atoms with E-state index in [0.29, 0.717) is 12.6 Å². The first kappa shape index (κ1) is 14.3. The number of rotatable bonds is 8. The Morgan fingerprint density at radius 1 is 1.35 bits per heavy atom. The van der Waals surface area contributed by atoms with Gasteiger partial charge in [0.1, 0.15) is 12.4 Å². The molecule has 0 aliphatic rings. The molecule has 0 radical (unpaired) electrons. The summed E-state index contributed by atoms with van der Waals surface area (Å²) in [5, 5.41) is 4.16. The van der Waals surface area contributed by atoms with Gasteiger partial charge in [-0.05, 0) is 31.2 Å². The molecule has 1 aromatic carbocycles. The van der Waals surface area contributed by atoms with Crippen molar-refractivity contribution >= 4 is 11.6 Å². The smallest absolute Gasteiger partial charge is 0.120 e. The molecule has 0 spiro atoms. The van der Waals surface area contributed by atoms with Crippen molar-refractivity contribution in [1.29, 1.82) is 0 Å². The number of likely N-dealkylation sites (N-methyl/N-ethyl adjacent to an activating group) is 1. The Kier molecular flexibility index (Phi) is 7.06. The van der Waals surface area contributed by atoms with Crippen LogP contribution < -0.4 is 10.1 Å². The van der Waals surface area contributed by atoms with Crippen LogP contribution in [0.5, 0.6) is 5.75 Å². The quantitative estimate of drug-likeness (QED) is 0.761. The van der Waals surface area contributed by atoms with Crippen molar-refractivity contribution in [2.24, 2.45) is 0 Å². The van der Waals surface area contributed by atoms with Crippen LogP contribution in [0.25, 0.3) is 0 Å². The molecule has 0 amide bonds. The Balaban J connectivity index is 2.39. The van der Waals surface area contributed by atoms with Gasteiger partial charge in [-0.3, -0.25) is 0 Å². The summed E-state index contributed by atoms with van der Waals surface area (Å²) in [5.41, 5.74) is 0. The van der Waals surface area contributed by atoms with Crippen molar-refractivity contribution in [3.63, 3.8) is 0 Å². The molecule has 1 atom stereocenters. The highest BCUT2D eigenvalue weighted by atomic mass is 35.5. The number of unbranched alkanes of at least 4 members (excludes halogenated alkanes) is 1. The highest BCUT2D eigenvalue weighted by molar-refractivity contribution is 6.30. The van der Waals surface area contributed by atoms with E-state index in [-0.39, 0.29) is 0 Å². The van der Waals surface area contributed by atoms with E-state index in [0.717, 1.165) is 23.7 Å². The molecule has 0 fully saturated rings. The molecule has 1 N–H and O–H groups in total. The third kappa shape index (κ3) is 5.94. The van der Waals surface area contributed by atoms with E-state index in [9.17, 15) is 0 Å². The summed E-state index contributed by atoms with van der Waals surface area (Å²) in [7, 11) is 0. The van der Waals surface area contributed by atoms with Gasteiger partial charge in [-0.2, -0.15) is 0 Å². The van der Waals surface area contributed by atoms with E-state index in [4.69, 9.17) is 16.3 Å². The van der Waals surface area contributed by atoms with Crippen molar-refractivity contribution in [3.8, 4) is 5.75 Å². The van der Waals surface area contributed by atoms with E-state index in [1.807, 2.05) is 24.3 Å². The summed E-state index contributed by atoms with van der Waals surface area (Å²) < 4.78 is 5.75. The number of halogens is 1. The SMILES string of the molecule is CCCCC(COc1cccc(Cl)c1)NCC. The number of ether oxygens (including phenoxy) is 1. The Bertz CT molecular complexity index is 317. The van der Waals surface area contributed by atoms with Crippen LogP contribution in [0, 0.1) is 0 Å². The average molecular weight is 256 g/mol. The topological polar surface area (TPSA) is 21.3 Å². The van der Waals surface area contributed by atoms with Crippen LogP contribution >= 0.6 is 11.6 Å². The molecule has 0 bridgehead atoms. The molecule has 3 heteroatoms. The third-order valence-electron chi connectivity index (χ3n) is 2.65. The maximum absolute atomic E-state index is 5.91. The van der Waals surface area contributed by atoms with Gasteiger partial charge in [0.05, 0.1) is 0 Å². The van der Waals surface area contributed by atoms with Gasteiger partial charge < -0.3 is 10.1 Å². The first-order valence-corrected chi connectivity index (χ1v) is 6.75. The van der Waals surface area contributed by atoms with Crippen molar-refractivity contribution in [1.82, 2.24) is 5.32 Å². The minimum absolute atomic E-state index is 0.430. The van der Waals surface area contributed by atoms with E-state index >= 15 is 0 Å². The first-order valence-electron chi connectivity index (χ1n) is 6.38. The summed E-state index contributed by atoms with van der Waals surface area (Å²) in [6.45, 7) is 6.01. The monoisotopic (exact) mass is 255 g/mol. The number of nitrogens with one attached hydrogen (secondary N) is 1. The van der Waals surface area contributed by atoms with Crippen molar-refractivity contribution in [3.05, 3.63) is 29.3 Å². The largest absolute Gasteiger partial charge is 0.492 e. The second-order valence-corrected chi connectivity index (χ2v) is 4.60. The molecular weight excluding hydrogens is 234 g/mol. The predicted molar refractivity (Wildman–Crippen MR) is 73.9 cm³/mol. The zero-order valence-corrected chi connectivity index (χ0v) is 11.5. The molecule has 1 unspecified atom stereocenters. The Morgan fingerprint density at radius 3 is 2.82 bits per heavy atom. The highest BCUT2D eigenvalue weighted by Gasteiger charge is 2.07. The first-order chi connectivity index (χ1) is 8.26. The fraction of sp³-hybridized carbons (Fsp3) is 0.571. The predicted octanol–water partition coefficient (Wildman–Crippen LogP) is 3.89. The van der Waals surface area contributed by atoms with E-state index < -0.39 is 0 Å². The van der Waals surface area contributed by atoms with Crippen molar-refractivity contribution in [2.75, 3.05) is 13.2 Å². The molecule has 0 aromatic heterocycles. The van der Waals surface area contributed by atoms with Gasteiger partial charge in [0.25, 0.3) is 0 Å². The second kappa shape index (κ2) is 8.37. The lowest BCUT2D eigenvalue weighted by molar-refractivity contribution is 0.256. The standard InChI is InChI=1S/C14H22ClNO/c1-3-5-8-13(16-4-2)11-17-14-9-6-7-12(15)10-14/h6-7,9-10,13,16H,3-5,8,11H2,1-2H3. The summed E-state index contributed by atoms with van der Waals surface area (Å²) in [4.78, 5) is 0. The van der Waals surface area contributed by atoms with Crippen LogP contribution in [0.3, 0.4) is 0 Å². The average Bonchev–Trinajstić information content (AvgIpc) is 2.33. The molecule has 2 nitrogen and oxygen atoms in total. The normalized spacial score (nSPS) is 12.4. The van der Waals surface area contributed by atoms with Gasteiger partial charge in [-0.25, -0.2) is 0 Å². The van der Waals surface area contributed by atoms with E-state index in [1.165, 1.54) is 12.8 Å². The lowest BCUT2D eigenvalue weighted by Crippen LogP contribution is -2.34. The van der Waals surface area contributed by atoms with Crippen LogP contribution in [0.4, 0.5) is 0 Å². The van der Waals surface area contributed by atoms with Gasteiger partial charge in [-0.1, -0.05) is 44.4 Å². The van der Waals surface area contributed by atoms with Crippen LogP contribution in [-0.2, 0) is 0 Å². The number of benzene rings is 1. The fourth-order valence-corrected chi connectivity index (χ4v) is 1.92. The second-order valence-electron chi connectivity index (χ2n) is 4.17. The molecule has 1 rings (SSSR count). The molecule has 96 valence electrons. The Hall–Kier alpha value is -0.730. The highest BCUT2D eigenvalue weighted by Crippen LogP contribution is 2.17. The number of hydrogen-bond donors (Lipinski definition) is 1. The van der Waals surface area contributed by atoms with Crippen LogP contribution in [-0.4, -0.2) is 19.2 Å².